The number of amides is 2. The summed E-state index contributed by atoms with van der Waals surface area (Å²) < 4.78 is 5.84. The number of benzene rings is 2. The molecule has 7 heteroatoms. The molecule has 0 radical (unpaired) electrons. The highest BCUT2D eigenvalue weighted by atomic mass is 16.4. The van der Waals surface area contributed by atoms with Gasteiger partial charge in [-0.05, 0) is 42.8 Å². The first-order valence-corrected chi connectivity index (χ1v) is 10.1. The maximum atomic E-state index is 12.8. The number of piperazine rings is 1. The lowest BCUT2D eigenvalue weighted by atomic mass is 10.1. The largest absolute Gasteiger partial charge is 0.416 e. The molecule has 154 valence electrons. The van der Waals surface area contributed by atoms with Crippen LogP contribution in [-0.2, 0) is 4.79 Å². The Kier molecular flexibility index (Phi) is 5.61. The minimum absolute atomic E-state index is 0.0312. The van der Waals surface area contributed by atoms with Crippen molar-refractivity contribution in [1.82, 2.24) is 20.0 Å². The van der Waals surface area contributed by atoms with Gasteiger partial charge in [0.05, 0.1) is 0 Å². The van der Waals surface area contributed by atoms with E-state index in [4.69, 9.17) is 4.42 Å². The maximum absolute atomic E-state index is 12.8. The Balaban J connectivity index is 1.44. The zero-order valence-electron chi connectivity index (χ0n) is 17.2. The van der Waals surface area contributed by atoms with Gasteiger partial charge in [-0.3, -0.25) is 9.59 Å². The lowest BCUT2D eigenvalue weighted by molar-refractivity contribution is -0.132. The molecule has 1 aliphatic rings. The topological polar surface area (TPSA) is 79.5 Å². The van der Waals surface area contributed by atoms with Crippen LogP contribution in [0.5, 0.6) is 0 Å². The standard InChI is InChI=1S/C23H24N4O3/c1-3-20(28)26-12-14-27(15-13-26)23(29)18-10-8-17(9-11-18)21-24-25-22(30-21)19-7-5-4-6-16(19)2/h4-11H,3,12-15H2,1-2H3. The number of aryl methyl sites for hydroxylation is 1. The Labute approximate surface area is 175 Å². The van der Waals surface area contributed by atoms with E-state index in [-0.39, 0.29) is 11.8 Å². The van der Waals surface area contributed by atoms with Crippen molar-refractivity contribution in [2.75, 3.05) is 26.2 Å². The normalized spacial score (nSPS) is 14.1. The average Bonchev–Trinajstić information content (AvgIpc) is 3.28. The summed E-state index contributed by atoms with van der Waals surface area (Å²) in [6.45, 7) is 6.12. The SMILES string of the molecule is CCC(=O)N1CCN(C(=O)c2ccc(-c3nnc(-c4ccccc4C)o3)cc2)CC1. The van der Waals surface area contributed by atoms with Crippen LogP contribution in [0.15, 0.2) is 52.9 Å². The Morgan fingerprint density at radius 1 is 0.900 bits per heavy atom. The summed E-state index contributed by atoms with van der Waals surface area (Å²) in [5.74, 6) is 0.994. The van der Waals surface area contributed by atoms with E-state index in [2.05, 4.69) is 10.2 Å². The summed E-state index contributed by atoms with van der Waals surface area (Å²) >= 11 is 0. The third-order valence-electron chi connectivity index (χ3n) is 5.40. The quantitative estimate of drug-likeness (QED) is 0.666. The molecule has 4 rings (SSSR count). The van der Waals surface area contributed by atoms with Crippen molar-refractivity contribution in [2.24, 2.45) is 0 Å². The van der Waals surface area contributed by atoms with Crippen molar-refractivity contribution < 1.29 is 14.0 Å². The molecular weight excluding hydrogens is 380 g/mol. The molecule has 0 atom stereocenters. The number of rotatable bonds is 4. The minimum Gasteiger partial charge on any atom is -0.416 e. The second-order valence-corrected chi connectivity index (χ2v) is 7.33. The molecule has 0 unspecified atom stereocenters. The van der Waals surface area contributed by atoms with Crippen LogP contribution in [0.3, 0.4) is 0 Å². The van der Waals surface area contributed by atoms with Crippen molar-refractivity contribution in [2.45, 2.75) is 20.3 Å². The van der Waals surface area contributed by atoms with E-state index < -0.39 is 0 Å². The van der Waals surface area contributed by atoms with Gasteiger partial charge in [0.15, 0.2) is 0 Å². The van der Waals surface area contributed by atoms with Gasteiger partial charge in [-0.2, -0.15) is 0 Å². The Bertz CT molecular complexity index is 1050. The van der Waals surface area contributed by atoms with Gasteiger partial charge in [-0.25, -0.2) is 0 Å². The number of aromatic nitrogens is 2. The van der Waals surface area contributed by atoms with Gasteiger partial charge in [0.1, 0.15) is 0 Å². The molecule has 1 saturated heterocycles. The molecule has 1 aromatic heterocycles. The van der Waals surface area contributed by atoms with E-state index in [9.17, 15) is 9.59 Å². The average molecular weight is 404 g/mol. The first kappa shape index (κ1) is 19.8. The van der Waals surface area contributed by atoms with Gasteiger partial charge >= 0.3 is 0 Å². The maximum Gasteiger partial charge on any atom is 0.253 e. The zero-order chi connectivity index (χ0) is 21.1. The summed E-state index contributed by atoms with van der Waals surface area (Å²) in [5, 5.41) is 8.31. The third-order valence-corrected chi connectivity index (χ3v) is 5.40. The first-order valence-electron chi connectivity index (χ1n) is 10.1. The number of carbonyl (C=O) groups excluding carboxylic acids is 2. The molecule has 1 fully saturated rings. The molecule has 2 heterocycles. The smallest absolute Gasteiger partial charge is 0.253 e. The Hall–Kier alpha value is -3.48. The molecule has 2 aromatic carbocycles. The van der Waals surface area contributed by atoms with E-state index in [1.54, 1.807) is 17.0 Å². The lowest BCUT2D eigenvalue weighted by Gasteiger charge is -2.34. The summed E-state index contributed by atoms with van der Waals surface area (Å²) in [6.07, 6.45) is 0.497. The van der Waals surface area contributed by atoms with Gasteiger partial charge in [0, 0.05) is 49.3 Å². The van der Waals surface area contributed by atoms with Gasteiger partial charge in [-0.15, -0.1) is 10.2 Å². The molecular formula is C23H24N4O3. The molecule has 2 amide bonds. The van der Waals surface area contributed by atoms with Crippen LogP contribution in [0, 0.1) is 6.92 Å². The number of hydrogen-bond acceptors (Lipinski definition) is 5. The lowest BCUT2D eigenvalue weighted by Crippen LogP contribution is -2.50. The molecule has 0 N–H and O–H groups in total. The van der Waals surface area contributed by atoms with Crippen LogP contribution in [0.2, 0.25) is 0 Å². The summed E-state index contributed by atoms with van der Waals surface area (Å²) in [6, 6.07) is 15.0. The molecule has 7 nitrogen and oxygen atoms in total. The highest BCUT2D eigenvalue weighted by Gasteiger charge is 2.24. The number of carbonyl (C=O) groups is 2. The van der Waals surface area contributed by atoms with E-state index in [0.29, 0.717) is 49.9 Å². The fourth-order valence-corrected chi connectivity index (χ4v) is 3.58. The van der Waals surface area contributed by atoms with Gasteiger partial charge in [0.25, 0.3) is 5.91 Å². The van der Waals surface area contributed by atoms with Crippen molar-refractivity contribution in [1.29, 1.82) is 0 Å². The van der Waals surface area contributed by atoms with E-state index in [1.807, 2.05) is 55.1 Å². The van der Waals surface area contributed by atoms with Crippen molar-refractivity contribution in [3.05, 3.63) is 59.7 Å². The van der Waals surface area contributed by atoms with Crippen molar-refractivity contribution in [3.8, 4) is 22.9 Å². The second kappa shape index (κ2) is 8.49. The predicted octanol–water partition coefficient (Wildman–Crippen LogP) is 3.41. The van der Waals surface area contributed by atoms with Crippen LogP contribution >= 0.6 is 0 Å². The van der Waals surface area contributed by atoms with Crippen LogP contribution < -0.4 is 0 Å². The van der Waals surface area contributed by atoms with Crippen LogP contribution in [-0.4, -0.2) is 58.0 Å². The zero-order valence-corrected chi connectivity index (χ0v) is 17.2. The van der Waals surface area contributed by atoms with E-state index in [0.717, 1.165) is 16.7 Å². The third kappa shape index (κ3) is 3.96. The van der Waals surface area contributed by atoms with Gasteiger partial charge in [0.2, 0.25) is 17.7 Å². The van der Waals surface area contributed by atoms with Crippen LogP contribution in [0.25, 0.3) is 22.9 Å². The van der Waals surface area contributed by atoms with Crippen LogP contribution in [0.4, 0.5) is 0 Å². The molecule has 0 spiro atoms. The molecule has 0 aliphatic carbocycles. The Morgan fingerprint density at radius 3 is 2.20 bits per heavy atom. The highest BCUT2D eigenvalue weighted by Crippen LogP contribution is 2.26. The summed E-state index contributed by atoms with van der Waals surface area (Å²) in [4.78, 5) is 28.2. The molecule has 1 aliphatic heterocycles. The first-order chi connectivity index (χ1) is 14.6. The van der Waals surface area contributed by atoms with E-state index >= 15 is 0 Å². The summed E-state index contributed by atoms with van der Waals surface area (Å²) in [7, 11) is 0. The fraction of sp³-hybridized carbons (Fsp3) is 0.304. The number of hydrogen-bond donors (Lipinski definition) is 0. The number of nitrogens with zero attached hydrogens (tertiary/aromatic N) is 4. The fourth-order valence-electron chi connectivity index (χ4n) is 3.58. The second-order valence-electron chi connectivity index (χ2n) is 7.33. The monoisotopic (exact) mass is 404 g/mol. The van der Waals surface area contributed by atoms with Gasteiger partial charge < -0.3 is 14.2 Å². The predicted molar refractivity (Wildman–Crippen MR) is 113 cm³/mol. The highest BCUT2D eigenvalue weighted by molar-refractivity contribution is 5.94. The molecule has 0 bridgehead atoms. The van der Waals surface area contributed by atoms with Crippen molar-refractivity contribution >= 4 is 11.8 Å². The summed E-state index contributed by atoms with van der Waals surface area (Å²) in [5.41, 5.74) is 3.34. The Morgan fingerprint density at radius 2 is 1.53 bits per heavy atom. The minimum atomic E-state index is -0.0312. The van der Waals surface area contributed by atoms with Gasteiger partial charge in [-0.1, -0.05) is 25.1 Å². The van der Waals surface area contributed by atoms with Crippen molar-refractivity contribution in [3.63, 3.8) is 0 Å². The molecule has 3 aromatic rings. The molecule has 0 saturated carbocycles. The van der Waals surface area contributed by atoms with E-state index in [1.165, 1.54) is 0 Å². The van der Waals surface area contributed by atoms with Crippen LogP contribution in [0.1, 0.15) is 29.3 Å². The molecule has 30 heavy (non-hydrogen) atoms.